The largest absolute Gasteiger partial charge is 0.457 e. The Hall–Kier alpha value is -2.10. The summed E-state index contributed by atoms with van der Waals surface area (Å²) in [4.78, 5) is 23.0. The molecule has 92 valence electrons. The second-order valence-corrected chi connectivity index (χ2v) is 4.44. The van der Waals surface area contributed by atoms with Crippen molar-refractivity contribution in [3.05, 3.63) is 48.0 Å². The Morgan fingerprint density at radius 1 is 1.22 bits per heavy atom. The predicted molar refractivity (Wildman–Crippen MR) is 62.8 cm³/mol. The molecule has 3 rings (SSSR count). The summed E-state index contributed by atoms with van der Waals surface area (Å²) in [5.74, 6) is -0.574. The molecule has 0 saturated carbocycles. The van der Waals surface area contributed by atoms with Crippen LogP contribution in [0.3, 0.4) is 0 Å². The highest BCUT2D eigenvalue weighted by molar-refractivity contribution is 5.89. The first-order valence-corrected chi connectivity index (χ1v) is 5.88. The molecule has 3 atom stereocenters. The predicted octanol–water partition coefficient (Wildman–Crippen LogP) is 1.71. The van der Waals surface area contributed by atoms with E-state index in [9.17, 15) is 9.59 Å². The smallest absolute Gasteiger partial charge is 0.338 e. The van der Waals surface area contributed by atoms with Gasteiger partial charge < -0.3 is 9.47 Å². The van der Waals surface area contributed by atoms with Crippen molar-refractivity contribution in [1.29, 1.82) is 0 Å². The molecule has 1 fully saturated rings. The zero-order chi connectivity index (χ0) is 12.5. The van der Waals surface area contributed by atoms with Gasteiger partial charge in [0.25, 0.3) is 0 Å². The number of carbonyl (C=O) groups excluding carboxylic acids is 2. The molecule has 4 nitrogen and oxygen atoms in total. The summed E-state index contributed by atoms with van der Waals surface area (Å²) in [7, 11) is 0. The van der Waals surface area contributed by atoms with Crippen LogP contribution in [0.5, 0.6) is 0 Å². The van der Waals surface area contributed by atoms with Gasteiger partial charge in [-0.3, -0.25) is 4.79 Å². The van der Waals surface area contributed by atoms with Crippen LogP contribution < -0.4 is 0 Å². The van der Waals surface area contributed by atoms with Gasteiger partial charge >= 0.3 is 11.9 Å². The van der Waals surface area contributed by atoms with Gasteiger partial charge in [-0.1, -0.05) is 24.3 Å². The van der Waals surface area contributed by atoms with E-state index < -0.39 is 12.1 Å². The summed E-state index contributed by atoms with van der Waals surface area (Å²) in [5.41, 5.74) is 0.499. The van der Waals surface area contributed by atoms with Gasteiger partial charge in [0, 0.05) is 5.92 Å². The van der Waals surface area contributed by atoms with Crippen molar-refractivity contribution in [2.75, 3.05) is 0 Å². The molecule has 1 aliphatic heterocycles. The molecule has 18 heavy (non-hydrogen) atoms. The maximum atomic E-state index is 11.9. The van der Waals surface area contributed by atoms with Gasteiger partial charge in [0.2, 0.25) is 0 Å². The summed E-state index contributed by atoms with van der Waals surface area (Å²) >= 11 is 0. The lowest BCUT2D eigenvalue weighted by Crippen LogP contribution is -2.29. The Morgan fingerprint density at radius 2 is 2.00 bits per heavy atom. The molecule has 1 aliphatic carbocycles. The van der Waals surface area contributed by atoms with Crippen LogP contribution in [-0.4, -0.2) is 24.1 Å². The van der Waals surface area contributed by atoms with E-state index >= 15 is 0 Å². The van der Waals surface area contributed by atoms with Gasteiger partial charge in [-0.15, -0.1) is 0 Å². The topological polar surface area (TPSA) is 52.6 Å². The third-order valence-corrected chi connectivity index (χ3v) is 3.22. The second kappa shape index (κ2) is 4.29. The summed E-state index contributed by atoms with van der Waals surface area (Å²) in [6, 6.07) is 8.78. The number of hydrogen-bond donors (Lipinski definition) is 0. The van der Waals surface area contributed by atoms with E-state index in [1.54, 1.807) is 30.3 Å². The van der Waals surface area contributed by atoms with E-state index in [4.69, 9.17) is 9.47 Å². The fourth-order valence-corrected chi connectivity index (χ4v) is 2.32. The fourth-order valence-electron chi connectivity index (χ4n) is 2.32. The first-order chi connectivity index (χ1) is 8.74. The van der Waals surface area contributed by atoms with Crippen LogP contribution in [0.15, 0.2) is 42.5 Å². The van der Waals surface area contributed by atoms with Crippen LogP contribution in [-0.2, 0) is 14.3 Å². The van der Waals surface area contributed by atoms with Gasteiger partial charge in [-0.25, -0.2) is 4.79 Å². The van der Waals surface area contributed by atoms with Crippen LogP contribution in [0.1, 0.15) is 16.8 Å². The number of carbonyl (C=O) groups is 2. The van der Waals surface area contributed by atoms with Gasteiger partial charge in [0.1, 0.15) is 6.10 Å². The third-order valence-electron chi connectivity index (χ3n) is 3.22. The minimum Gasteiger partial charge on any atom is -0.457 e. The van der Waals surface area contributed by atoms with Crippen LogP contribution in [0, 0.1) is 5.92 Å². The molecular formula is C14H12O4. The van der Waals surface area contributed by atoms with Gasteiger partial charge in [-0.2, -0.15) is 0 Å². The zero-order valence-electron chi connectivity index (χ0n) is 9.61. The summed E-state index contributed by atoms with van der Waals surface area (Å²) in [5, 5.41) is 0. The van der Waals surface area contributed by atoms with E-state index in [0.29, 0.717) is 12.0 Å². The molecule has 1 aromatic rings. The number of rotatable bonds is 2. The number of hydrogen-bond acceptors (Lipinski definition) is 4. The molecule has 0 aromatic heterocycles. The van der Waals surface area contributed by atoms with Crippen molar-refractivity contribution in [1.82, 2.24) is 0 Å². The maximum Gasteiger partial charge on any atom is 0.338 e. The summed E-state index contributed by atoms with van der Waals surface area (Å²) in [6.07, 6.45) is 3.25. The van der Waals surface area contributed by atoms with E-state index in [1.165, 1.54) is 0 Å². The van der Waals surface area contributed by atoms with Crippen molar-refractivity contribution < 1.29 is 19.1 Å². The Kier molecular flexibility index (Phi) is 2.63. The molecular weight excluding hydrogens is 232 g/mol. The summed E-state index contributed by atoms with van der Waals surface area (Å²) < 4.78 is 10.5. The van der Waals surface area contributed by atoms with Crippen molar-refractivity contribution in [2.24, 2.45) is 5.92 Å². The normalized spacial score (nSPS) is 28.9. The number of ether oxygens (including phenoxy) is 2. The molecule has 4 heteroatoms. The lowest BCUT2D eigenvalue weighted by molar-refractivity contribution is -0.144. The minimum absolute atomic E-state index is 0.0473. The minimum atomic E-state index is -0.464. The molecule has 0 unspecified atom stereocenters. The SMILES string of the molecule is O=C1C[C@@H]2C=C[C@@H](OC(=O)c3ccccc3)[C@@H]2O1. The lowest BCUT2D eigenvalue weighted by atomic mass is 10.1. The van der Waals surface area contributed by atoms with Gasteiger partial charge in [0.05, 0.1) is 12.0 Å². The van der Waals surface area contributed by atoms with Crippen molar-refractivity contribution in [3.63, 3.8) is 0 Å². The van der Waals surface area contributed by atoms with Crippen molar-refractivity contribution in [2.45, 2.75) is 18.6 Å². The monoisotopic (exact) mass is 244 g/mol. The zero-order valence-corrected chi connectivity index (χ0v) is 9.61. The average Bonchev–Trinajstić information content (AvgIpc) is 2.91. The van der Waals surface area contributed by atoms with Crippen LogP contribution in [0.2, 0.25) is 0 Å². The Balaban J connectivity index is 1.69. The highest BCUT2D eigenvalue weighted by Crippen LogP contribution is 2.33. The molecule has 0 spiro atoms. The molecule has 0 bridgehead atoms. The van der Waals surface area contributed by atoms with Crippen molar-refractivity contribution in [3.8, 4) is 0 Å². The lowest BCUT2D eigenvalue weighted by Gasteiger charge is -2.18. The standard InChI is InChI=1S/C14H12O4/c15-12-8-10-6-7-11(13(10)18-12)17-14(16)9-4-2-1-3-5-9/h1-7,10-11,13H,8H2/t10-,11+,13+/m0/s1. The molecule has 2 aliphatic rings. The molecule has 0 N–H and O–H groups in total. The highest BCUT2D eigenvalue weighted by Gasteiger charge is 2.43. The van der Waals surface area contributed by atoms with E-state index in [1.807, 2.05) is 12.1 Å². The van der Waals surface area contributed by atoms with E-state index in [-0.39, 0.29) is 18.0 Å². The van der Waals surface area contributed by atoms with E-state index in [0.717, 1.165) is 0 Å². The molecule has 1 heterocycles. The third kappa shape index (κ3) is 1.90. The Labute approximate surface area is 104 Å². The Bertz CT molecular complexity index is 506. The fraction of sp³-hybridized carbons (Fsp3) is 0.286. The molecule has 0 amide bonds. The molecule has 1 saturated heterocycles. The van der Waals surface area contributed by atoms with Crippen molar-refractivity contribution >= 4 is 11.9 Å². The first-order valence-electron chi connectivity index (χ1n) is 5.88. The first kappa shape index (κ1) is 11.0. The second-order valence-electron chi connectivity index (χ2n) is 4.44. The Morgan fingerprint density at radius 3 is 2.78 bits per heavy atom. The number of fused-ring (bicyclic) bond motifs is 1. The average molecular weight is 244 g/mol. The van der Waals surface area contributed by atoms with Crippen LogP contribution in [0.4, 0.5) is 0 Å². The van der Waals surface area contributed by atoms with Crippen LogP contribution in [0.25, 0.3) is 0 Å². The highest BCUT2D eigenvalue weighted by atomic mass is 16.6. The van der Waals surface area contributed by atoms with Gasteiger partial charge in [0.15, 0.2) is 6.10 Å². The number of benzene rings is 1. The van der Waals surface area contributed by atoms with Gasteiger partial charge in [-0.05, 0) is 18.2 Å². The maximum absolute atomic E-state index is 11.9. The molecule has 0 radical (unpaired) electrons. The van der Waals surface area contributed by atoms with E-state index in [2.05, 4.69) is 0 Å². The molecule has 1 aromatic carbocycles. The quantitative estimate of drug-likeness (QED) is 0.587. The number of esters is 2. The van der Waals surface area contributed by atoms with Crippen LogP contribution >= 0.6 is 0 Å². The summed E-state index contributed by atoms with van der Waals surface area (Å²) in [6.45, 7) is 0.